The van der Waals surface area contributed by atoms with Crippen molar-refractivity contribution in [3.63, 3.8) is 0 Å². The first-order valence-corrected chi connectivity index (χ1v) is 13.9. The van der Waals surface area contributed by atoms with Crippen molar-refractivity contribution in [3.05, 3.63) is 105 Å². The summed E-state index contributed by atoms with van der Waals surface area (Å²) in [5, 5.41) is 4.22. The van der Waals surface area contributed by atoms with Gasteiger partial charge in [-0.05, 0) is 73.6 Å². The summed E-state index contributed by atoms with van der Waals surface area (Å²) < 4.78 is 4.43. The van der Waals surface area contributed by atoms with Gasteiger partial charge in [0.1, 0.15) is 11.3 Å². The number of carbonyl (C=O) groups excluding carboxylic acids is 1. The van der Waals surface area contributed by atoms with Gasteiger partial charge in [0.05, 0.1) is 15.7 Å². The zero-order valence-electron chi connectivity index (χ0n) is 21.5. The van der Waals surface area contributed by atoms with Gasteiger partial charge in [0, 0.05) is 35.1 Å². The van der Waals surface area contributed by atoms with E-state index < -0.39 is 0 Å². The zero-order chi connectivity index (χ0) is 26.4. The van der Waals surface area contributed by atoms with Crippen LogP contribution in [0.2, 0.25) is 10.0 Å². The number of hydrogen-bond donors (Lipinski definition) is 1. The van der Waals surface area contributed by atoms with Crippen molar-refractivity contribution >= 4 is 40.4 Å². The lowest BCUT2D eigenvalue weighted by Gasteiger charge is -2.11. The van der Waals surface area contributed by atoms with E-state index >= 15 is 0 Å². The summed E-state index contributed by atoms with van der Waals surface area (Å²) in [5.74, 6) is -0.121. The Morgan fingerprint density at radius 1 is 0.947 bits per heavy atom. The number of aromatic nitrogens is 2. The summed E-state index contributed by atoms with van der Waals surface area (Å²) in [7, 11) is 0. The van der Waals surface area contributed by atoms with E-state index in [1.54, 1.807) is 0 Å². The van der Waals surface area contributed by atoms with Crippen LogP contribution in [0, 0.1) is 6.92 Å². The fourth-order valence-corrected chi connectivity index (χ4v) is 5.92. The lowest BCUT2D eigenvalue weighted by molar-refractivity contribution is 0.102. The molecule has 38 heavy (non-hydrogen) atoms. The fraction of sp³-hybridized carbons (Fsp3) is 0.219. The number of nitrogens with one attached hydrogen (secondary N) is 1. The fourth-order valence-electron chi connectivity index (χ4n) is 5.63. The summed E-state index contributed by atoms with van der Waals surface area (Å²) in [6.07, 6.45) is 6.09. The molecule has 1 aliphatic heterocycles. The Balaban J connectivity index is 1.60. The van der Waals surface area contributed by atoms with Crippen molar-refractivity contribution < 1.29 is 4.79 Å². The second kappa shape index (κ2) is 10.0. The van der Waals surface area contributed by atoms with Gasteiger partial charge in [-0.2, -0.15) is 0 Å². The molecule has 0 bridgehead atoms. The van der Waals surface area contributed by atoms with Crippen LogP contribution >= 0.6 is 23.2 Å². The highest BCUT2D eigenvalue weighted by atomic mass is 35.5. The Morgan fingerprint density at radius 3 is 2.47 bits per heavy atom. The minimum absolute atomic E-state index is 0.121. The van der Waals surface area contributed by atoms with Crippen LogP contribution in [0.4, 0.5) is 5.69 Å². The Kier molecular flexibility index (Phi) is 6.55. The third-order valence-electron chi connectivity index (χ3n) is 7.49. The minimum Gasteiger partial charge on any atom is -0.325 e. The van der Waals surface area contributed by atoms with Crippen LogP contribution in [0.25, 0.3) is 28.0 Å². The van der Waals surface area contributed by atoms with Gasteiger partial charge in [0.2, 0.25) is 0 Å². The minimum atomic E-state index is -0.121. The van der Waals surface area contributed by atoms with E-state index in [1.165, 1.54) is 11.1 Å². The van der Waals surface area contributed by atoms with Gasteiger partial charge in [0.15, 0.2) is 0 Å². The molecule has 0 atom stereocenters. The molecular weight excluding hydrogens is 513 g/mol. The first-order valence-electron chi connectivity index (χ1n) is 13.1. The van der Waals surface area contributed by atoms with Crippen LogP contribution in [0.5, 0.6) is 0 Å². The third-order valence-corrected chi connectivity index (χ3v) is 8.23. The molecule has 2 aromatic heterocycles. The third kappa shape index (κ3) is 4.32. The Labute approximate surface area is 232 Å². The molecule has 0 saturated carbocycles. The standard InChI is InChI=1S/C32H29Cl2N3O/c1-3-21-10-12-22(13-11-21)29-25-9-4-5-16-36-28(23-14-15-26(33)27(34)18-23)19-37(32(25)36)30(29)31(38)35-24-8-6-7-20(2)17-24/h6-8,10-15,17-19H,3-5,9,16H2,1-2H3,(H,35,38). The second-order valence-electron chi connectivity index (χ2n) is 10.0. The highest BCUT2D eigenvalue weighted by molar-refractivity contribution is 6.42. The van der Waals surface area contributed by atoms with Crippen molar-refractivity contribution in [1.82, 2.24) is 8.97 Å². The number of aryl methyl sites for hydroxylation is 4. The number of benzene rings is 3. The van der Waals surface area contributed by atoms with Crippen LogP contribution in [0.1, 0.15) is 46.9 Å². The largest absolute Gasteiger partial charge is 0.325 e. The van der Waals surface area contributed by atoms with E-state index in [0.717, 1.165) is 71.5 Å². The molecule has 0 unspecified atom stereocenters. The van der Waals surface area contributed by atoms with Crippen LogP contribution in [-0.2, 0) is 19.4 Å². The van der Waals surface area contributed by atoms with Crippen molar-refractivity contribution in [2.45, 2.75) is 46.1 Å². The molecular formula is C32H29Cl2N3O. The van der Waals surface area contributed by atoms with Gasteiger partial charge in [-0.15, -0.1) is 0 Å². The van der Waals surface area contributed by atoms with Crippen molar-refractivity contribution in [3.8, 4) is 22.4 Å². The molecule has 3 aromatic carbocycles. The maximum atomic E-state index is 14.1. The molecule has 1 aliphatic rings. The highest BCUT2D eigenvalue weighted by Crippen LogP contribution is 2.40. The van der Waals surface area contributed by atoms with Gasteiger partial charge >= 0.3 is 0 Å². The zero-order valence-corrected chi connectivity index (χ0v) is 23.0. The number of amides is 1. The van der Waals surface area contributed by atoms with E-state index in [0.29, 0.717) is 15.7 Å². The molecule has 0 spiro atoms. The van der Waals surface area contributed by atoms with E-state index in [4.69, 9.17) is 23.2 Å². The summed E-state index contributed by atoms with van der Waals surface area (Å²) in [5.41, 5.74) is 10.2. The van der Waals surface area contributed by atoms with E-state index in [-0.39, 0.29) is 5.91 Å². The lowest BCUT2D eigenvalue weighted by Crippen LogP contribution is -2.15. The SMILES string of the molecule is CCc1ccc(-c2c3c4n(c(-c5ccc(Cl)c(Cl)c5)cn4c2C(=O)Nc2cccc(C)c2)CCCC3)cc1. The monoisotopic (exact) mass is 541 g/mol. The normalized spacial score (nSPS) is 13.1. The smallest absolute Gasteiger partial charge is 0.273 e. The molecule has 6 rings (SSSR count). The topological polar surface area (TPSA) is 38.4 Å². The van der Waals surface area contributed by atoms with Gasteiger partial charge in [-0.1, -0.05) is 72.6 Å². The molecule has 3 heterocycles. The van der Waals surface area contributed by atoms with Crippen molar-refractivity contribution in [2.24, 2.45) is 0 Å². The number of carbonyl (C=O) groups is 1. The summed E-state index contributed by atoms with van der Waals surface area (Å²) in [6, 6.07) is 22.3. The number of rotatable bonds is 5. The first kappa shape index (κ1) is 24.8. The molecule has 0 aliphatic carbocycles. The second-order valence-corrected chi connectivity index (χ2v) is 10.8. The molecule has 0 fully saturated rings. The van der Waals surface area contributed by atoms with Gasteiger partial charge in [-0.25, -0.2) is 0 Å². The van der Waals surface area contributed by atoms with E-state index in [1.807, 2.05) is 49.4 Å². The molecule has 1 N–H and O–H groups in total. The van der Waals surface area contributed by atoms with E-state index in [9.17, 15) is 4.79 Å². The maximum Gasteiger partial charge on any atom is 0.273 e. The molecule has 6 heteroatoms. The predicted molar refractivity (Wildman–Crippen MR) is 158 cm³/mol. The molecule has 192 valence electrons. The Morgan fingerprint density at radius 2 is 1.74 bits per heavy atom. The predicted octanol–water partition coefficient (Wildman–Crippen LogP) is 8.84. The number of nitrogens with zero attached hydrogens (tertiary/aromatic N) is 2. The summed E-state index contributed by atoms with van der Waals surface area (Å²) >= 11 is 12.6. The van der Waals surface area contributed by atoms with Gasteiger partial charge in [-0.3, -0.25) is 9.20 Å². The van der Waals surface area contributed by atoms with Gasteiger partial charge < -0.3 is 9.88 Å². The number of halogens is 2. The number of imidazole rings is 1. The number of hydrogen-bond acceptors (Lipinski definition) is 1. The van der Waals surface area contributed by atoms with E-state index in [2.05, 4.69) is 51.7 Å². The summed E-state index contributed by atoms with van der Waals surface area (Å²) in [6.45, 7) is 5.06. The molecule has 0 saturated heterocycles. The maximum absolute atomic E-state index is 14.1. The molecule has 1 amide bonds. The Hall–Kier alpha value is -3.47. The van der Waals surface area contributed by atoms with Crippen molar-refractivity contribution in [2.75, 3.05) is 5.32 Å². The Bertz CT molecular complexity index is 1680. The lowest BCUT2D eigenvalue weighted by atomic mass is 9.96. The molecule has 5 aromatic rings. The molecule has 0 radical (unpaired) electrons. The van der Waals surface area contributed by atoms with Crippen LogP contribution in [-0.4, -0.2) is 14.9 Å². The first-order chi connectivity index (χ1) is 18.4. The van der Waals surface area contributed by atoms with Gasteiger partial charge in [0.25, 0.3) is 5.91 Å². The van der Waals surface area contributed by atoms with Crippen LogP contribution in [0.3, 0.4) is 0 Å². The quantitative estimate of drug-likeness (QED) is 0.237. The number of anilines is 1. The van der Waals surface area contributed by atoms with Crippen LogP contribution in [0.15, 0.2) is 72.9 Å². The average molecular weight is 543 g/mol. The van der Waals surface area contributed by atoms with Crippen molar-refractivity contribution in [1.29, 1.82) is 0 Å². The molecule has 4 nitrogen and oxygen atoms in total. The highest BCUT2D eigenvalue weighted by Gasteiger charge is 2.29. The summed E-state index contributed by atoms with van der Waals surface area (Å²) in [4.78, 5) is 14.1. The average Bonchev–Trinajstić information content (AvgIpc) is 3.33. The van der Waals surface area contributed by atoms with Crippen LogP contribution < -0.4 is 5.32 Å².